The SMILES string of the molecule is Cc1cc(NC(=O)c2nonc2C)no1. The second-order valence-corrected chi connectivity index (χ2v) is 2.98. The van der Waals surface area contributed by atoms with Crippen molar-refractivity contribution < 1.29 is 13.9 Å². The molecule has 0 saturated heterocycles. The molecule has 0 bridgehead atoms. The molecule has 0 unspecified atom stereocenters. The normalized spacial score (nSPS) is 10.3. The fourth-order valence-corrected chi connectivity index (χ4v) is 1.04. The van der Waals surface area contributed by atoms with Gasteiger partial charge in [-0.15, -0.1) is 0 Å². The summed E-state index contributed by atoms with van der Waals surface area (Å²) in [5, 5.41) is 13.1. The minimum Gasteiger partial charge on any atom is -0.360 e. The lowest BCUT2D eigenvalue weighted by molar-refractivity contribution is 0.101. The Labute approximate surface area is 84.4 Å². The molecule has 2 aromatic rings. The van der Waals surface area contributed by atoms with Crippen LogP contribution in [0.5, 0.6) is 0 Å². The average molecular weight is 208 g/mol. The molecule has 15 heavy (non-hydrogen) atoms. The molecule has 0 atom stereocenters. The van der Waals surface area contributed by atoms with Gasteiger partial charge in [0.25, 0.3) is 5.91 Å². The highest BCUT2D eigenvalue weighted by Crippen LogP contribution is 2.09. The van der Waals surface area contributed by atoms with E-state index in [2.05, 4.69) is 25.4 Å². The van der Waals surface area contributed by atoms with E-state index in [0.29, 0.717) is 17.3 Å². The van der Waals surface area contributed by atoms with Crippen LogP contribution in [0.2, 0.25) is 0 Å². The van der Waals surface area contributed by atoms with Gasteiger partial charge in [0.1, 0.15) is 11.5 Å². The summed E-state index contributed by atoms with van der Waals surface area (Å²) in [5.74, 6) is 0.516. The third-order valence-electron chi connectivity index (χ3n) is 1.74. The van der Waals surface area contributed by atoms with Gasteiger partial charge in [-0.05, 0) is 19.0 Å². The Bertz CT molecular complexity index is 488. The summed E-state index contributed by atoms with van der Waals surface area (Å²) in [5.41, 5.74) is 0.559. The smallest absolute Gasteiger partial charge is 0.281 e. The highest BCUT2D eigenvalue weighted by atomic mass is 16.6. The average Bonchev–Trinajstić information content (AvgIpc) is 2.75. The van der Waals surface area contributed by atoms with E-state index in [9.17, 15) is 4.79 Å². The molecule has 7 heteroatoms. The third kappa shape index (κ3) is 1.85. The number of amides is 1. The molecule has 0 saturated carbocycles. The zero-order valence-corrected chi connectivity index (χ0v) is 8.14. The molecule has 2 aromatic heterocycles. The Morgan fingerprint density at radius 1 is 1.33 bits per heavy atom. The minimum atomic E-state index is -0.429. The molecular weight excluding hydrogens is 200 g/mol. The molecule has 0 aromatic carbocycles. The lowest BCUT2D eigenvalue weighted by Gasteiger charge is -1.95. The van der Waals surface area contributed by atoms with Crippen LogP contribution in [0.15, 0.2) is 15.2 Å². The number of aromatic nitrogens is 3. The molecule has 0 spiro atoms. The maximum atomic E-state index is 11.6. The maximum Gasteiger partial charge on any atom is 0.281 e. The standard InChI is InChI=1S/C8H8N4O3/c1-4-3-6(11-14-4)9-8(13)7-5(2)10-15-12-7/h3H,1-2H3,(H,9,11,13). The van der Waals surface area contributed by atoms with E-state index in [1.165, 1.54) is 0 Å². The van der Waals surface area contributed by atoms with Crippen LogP contribution in [0.25, 0.3) is 0 Å². The van der Waals surface area contributed by atoms with Crippen molar-refractivity contribution in [3.05, 3.63) is 23.2 Å². The van der Waals surface area contributed by atoms with Crippen LogP contribution < -0.4 is 5.32 Å². The van der Waals surface area contributed by atoms with E-state index in [0.717, 1.165) is 0 Å². The van der Waals surface area contributed by atoms with Crippen molar-refractivity contribution in [3.8, 4) is 0 Å². The van der Waals surface area contributed by atoms with Gasteiger partial charge in [-0.2, -0.15) is 0 Å². The zero-order valence-electron chi connectivity index (χ0n) is 8.14. The van der Waals surface area contributed by atoms with E-state index in [-0.39, 0.29) is 5.69 Å². The first-order chi connectivity index (χ1) is 7.16. The molecule has 2 rings (SSSR count). The number of carbonyl (C=O) groups excluding carboxylic acids is 1. The van der Waals surface area contributed by atoms with Gasteiger partial charge in [0, 0.05) is 6.07 Å². The lowest BCUT2D eigenvalue weighted by atomic mass is 10.3. The Hall–Kier alpha value is -2.18. The maximum absolute atomic E-state index is 11.6. The lowest BCUT2D eigenvalue weighted by Crippen LogP contribution is -2.13. The van der Waals surface area contributed by atoms with Crippen molar-refractivity contribution in [2.75, 3.05) is 5.32 Å². The van der Waals surface area contributed by atoms with Crippen molar-refractivity contribution in [2.24, 2.45) is 0 Å². The predicted molar refractivity (Wildman–Crippen MR) is 48.2 cm³/mol. The zero-order chi connectivity index (χ0) is 10.8. The minimum absolute atomic E-state index is 0.135. The number of rotatable bonds is 2. The predicted octanol–water partition coefficient (Wildman–Crippen LogP) is 0.927. The number of hydrogen-bond donors (Lipinski definition) is 1. The summed E-state index contributed by atoms with van der Waals surface area (Å²) >= 11 is 0. The van der Waals surface area contributed by atoms with Crippen molar-refractivity contribution in [1.29, 1.82) is 0 Å². The molecule has 0 aliphatic rings. The Morgan fingerprint density at radius 3 is 2.67 bits per heavy atom. The van der Waals surface area contributed by atoms with Crippen LogP contribution in [-0.2, 0) is 0 Å². The third-order valence-corrected chi connectivity index (χ3v) is 1.74. The topological polar surface area (TPSA) is 94.1 Å². The summed E-state index contributed by atoms with van der Waals surface area (Å²) < 4.78 is 9.19. The van der Waals surface area contributed by atoms with Gasteiger partial charge in [0.05, 0.1) is 0 Å². The van der Waals surface area contributed by atoms with Gasteiger partial charge >= 0.3 is 0 Å². The molecular formula is C8H8N4O3. The van der Waals surface area contributed by atoms with Crippen molar-refractivity contribution in [2.45, 2.75) is 13.8 Å². The summed E-state index contributed by atoms with van der Waals surface area (Å²) in [6.07, 6.45) is 0. The van der Waals surface area contributed by atoms with Gasteiger partial charge < -0.3 is 9.84 Å². The van der Waals surface area contributed by atoms with Gasteiger partial charge in [0.2, 0.25) is 0 Å². The van der Waals surface area contributed by atoms with Crippen molar-refractivity contribution in [3.63, 3.8) is 0 Å². The molecule has 0 aliphatic carbocycles. The molecule has 78 valence electrons. The Morgan fingerprint density at radius 2 is 2.13 bits per heavy atom. The van der Waals surface area contributed by atoms with Crippen molar-refractivity contribution >= 4 is 11.7 Å². The van der Waals surface area contributed by atoms with Crippen LogP contribution >= 0.6 is 0 Å². The molecule has 1 N–H and O–H groups in total. The Balaban J connectivity index is 2.14. The van der Waals surface area contributed by atoms with E-state index in [4.69, 9.17) is 4.52 Å². The number of hydrogen-bond acceptors (Lipinski definition) is 6. The van der Waals surface area contributed by atoms with E-state index < -0.39 is 5.91 Å². The van der Waals surface area contributed by atoms with Crippen LogP contribution in [0, 0.1) is 13.8 Å². The second-order valence-electron chi connectivity index (χ2n) is 2.98. The van der Waals surface area contributed by atoms with Gasteiger partial charge in [-0.25, -0.2) is 4.63 Å². The first kappa shape index (κ1) is 9.38. The van der Waals surface area contributed by atoms with Crippen LogP contribution in [0.3, 0.4) is 0 Å². The largest absolute Gasteiger partial charge is 0.360 e. The van der Waals surface area contributed by atoms with Crippen molar-refractivity contribution in [1.82, 2.24) is 15.5 Å². The fraction of sp³-hybridized carbons (Fsp3) is 0.250. The fourth-order valence-electron chi connectivity index (χ4n) is 1.04. The molecule has 7 nitrogen and oxygen atoms in total. The van der Waals surface area contributed by atoms with E-state index in [1.807, 2.05) is 0 Å². The summed E-state index contributed by atoms with van der Waals surface area (Å²) in [6.45, 7) is 3.35. The summed E-state index contributed by atoms with van der Waals surface area (Å²) in [7, 11) is 0. The molecule has 0 aliphatic heterocycles. The highest BCUT2D eigenvalue weighted by Gasteiger charge is 2.16. The monoisotopic (exact) mass is 208 g/mol. The number of aryl methyl sites for hydroxylation is 2. The number of nitrogens with one attached hydrogen (secondary N) is 1. The second kappa shape index (κ2) is 3.52. The molecule has 0 radical (unpaired) electrons. The van der Waals surface area contributed by atoms with Gasteiger partial charge in [-0.1, -0.05) is 10.3 Å². The van der Waals surface area contributed by atoms with Crippen LogP contribution in [0.1, 0.15) is 21.9 Å². The summed E-state index contributed by atoms with van der Waals surface area (Å²) in [6, 6.07) is 1.60. The van der Waals surface area contributed by atoms with Crippen LogP contribution in [0.4, 0.5) is 5.82 Å². The van der Waals surface area contributed by atoms with Crippen LogP contribution in [-0.4, -0.2) is 21.4 Å². The molecule has 2 heterocycles. The first-order valence-electron chi connectivity index (χ1n) is 4.20. The number of anilines is 1. The van der Waals surface area contributed by atoms with E-state index >= 15 is 0 Å². The number of nitrogens with zero attached hydrogens (tertiary/aromatic N) is 3. The Kier molecular flexibility index (Phi) is 2.20. The summed E-state index contributed by atoms with van der Waals surface area (Å²) in [4.78, 5) is 11.6. The number of carbonyl (C=O) groups is 1. The van der Waals surface area contributed by atoms with Gasteiger partial charge in [0.15, 0.2) is 11.5 Å². The molecule has 1 amide bonds. The highest BCUT2D eigenvalue weighted by molar-refractivity contribution is 6.02. The molecule has 0 fully saturated rings. The first-order valence-corrected chi connectivity index (χ1v) is 4.20. The quantitative estimate of drug-likeness (QED) is 0.788. The van der Waals surface area contributed by atoms with E-state index in [1.54, 1.807) is 19.9 Å². The van der Waals surface area contributed by atoms with Gasteiger partial charge in [-0.3, -0.25) is 4.79 Å².